The maximum atomic E-state index is 12.5. The minimum absolute atomic E-state index is 0.161. The van der Waals surface area contributed by atoms with Crippen LogP contribution in [0.25, 0.3) is 0 Å². The van der Waals surface area contributed by atoms with Crippen molar-refractivity contribution < 1.29 is 33.3 Å². The lowest BCUT2D eigenvalue weighted by molar-refractivity contribution is -0.123. The van der Waals surface area contributed by atoms with Crippen LogP contribution in [0, 0.1) is 0 Å². The zero-order valence-corrected chi connectivity index (χ0v) is 17.1. The molecule has 0 heterocycles. The highest BCUT2D eigenvalue weighted by Gasteiger charge is 2.23. The van der Waals surface area contributed by atoms with Gasteiger partial charge in [0.15, 0.2) is 17.6 Å². The van der Waals surface area contributed by atoms with Crippen LogP contribution in [0.5, 0.6) is 23.0 Å². The number of carbonyl (C=O) groups excluding carboxylic acids is 2. The van der Waals surface area contributed by atoms with Gasteiger partial charge in [-0.3, -0.25) is 4.79 Å². The number of amides is 1. The predicted molar refractivity (Wildman–Crippen MR) is 107 cm³/mol. The second-order valence-corrected chi connectivity index (χ2v) is 5.88. The number of rotatable bonds is 9. The van der Waals surface area contributed by atoms with Crippen molar-refractivity contribution in [1.29, 1.82) is 0 Å². The zero-order chi connectivity index (χ0) is 21.4. The summed E-state index contributed by atoms with van der Waals surface area (Å²) in [7, 11) is 4.35. The van der Waals surface area contributed by atoms with E-state index in [2.05, 4.69) is 5.32 Å². The summed E-state index contributed by atoms with van der Waals surface area (Å²) in [4.78, 5) is 25.0. The fraction of sp³-hybridized carbons (Fsp3) is 0.333. The largest absolute Gasteiger partial charge is 0.493 e. The van der Waals surface area contributed by atoms with Crippen LogP contribution in [0.2, 0.25) is 0 Å². The number of para-hydroxylation sites is 2. The average molecular weight is 403 g/mol. The fourth-order valence-electron chi connectivity index (χ4n) is 2.57. The summed E-state index contributed by atoms with van der Waals surface area (Å²) in [5, 5.41) is 2.70. The molecule has 0 aliphatic heterocycles. The van der Waals surface area contributed by atoms with Gasteiger partial charge >= 0.3 is 5.97 Å². The molecule has 0 radical (unpaired) electrons. The lowest BCUT2D eigenvalue weighted by Crippen LogP contribution is -2.30. The number of methoxy groups -OCH3 is 3. The molecule has 0 bridgehead atoms. The third-order valence-electron chi connectivity index (χ3n) is 4.00. The third-order valence-corrected chi connectivity index (χ3v) is 4.00. The molecule has 1 N–H and O–H groups in total. The highest BCUT2D eigenvalue weighted by molar-refractivity contribution is 5.98. The molecule has 1 atom stereocenters. The molecule has 8 nitrogen and oxygen atoms in total. The summed E-state index contributed by atoms with van der Waals surface area (Å²) in [6.45, 7) is 3.79. The van der Waals surface area contributed by atoms with Crippen LogP contribution in [0.3, 0.4) is 0 Å². The first-order chi connectivity index (χ1) is 13.9. The molecule has 1 unspecified atom stereocenters. The molecule has 0 aliphatic rings. The van der Waals surface area contributed by atoms with Gasteiger partial charge in [0.25, 0.3) is 5.91 Å². The van der Waals surface area contributed by atoms with Gasteiger partial charge in [0.2, 0.25) is 5.75 Å². The van der Waals surface area contributed by atoms with Gasteiger partial charge < -0.3 is 29.0 Å². The summed E-state index contributed by atoms with van der Waals surface area (Å²) >= 11 is 0. The molecule has 0 saturated heterocycles. The van der Waals surface area contributed by atoms with E-state index < -0.39 is 18.0 Å². The van der Waals surface area contributed by atoms with Crippen LogP contribution in [-0.4, -0.2) is 45.9 Å². The first-order valence-electron chi connectivity index (χ1n) is 8.98. The molecule has 156 valence electrons. The Labute approximate surface area is 169 Å². The van der Waals surface area contributed by atoms with Gasteiger partial charge in [-0.15, -0.1) is 0 Å². The van der Waals surface area contributed by atoms with Gasteiger partial charge in [-0.1, -0.05) is 12.1 Å². The van der Waals surface area contributed by atoms with Crippen LogP contribution < -0.4 is 24.3 Å². The van der Waals surface area contributed by atoms with Crippen LogP contribution in [0.15, 0.2) is 36.4 Å². The number of hydrogen-bond donors (Lipinski definition) is 1. The number of nitrogens with one attached hydrogen (secondary N) is 1. The quantitative estimate of drug-likeness (QED) is 0.642. The number of hydrogen-bond acceptors (Lipinski definition) is 7. The molecule has 2 aromatic rings. The maximum absolute atomic E-state index is 12.5. The number of anilines is 1. The van der Waals surface area contributed by atoms with Crippen molar-refractivity contribution in [1.82, 2.24) is 0 Å². The summed E-state index contributed by atoms with van der Waals surface area (Å²) in [5.41, 5.74) is 0.656. The molecule has 1 amide bonds. The molecular weight excluding hydrogens is 378 g/mol. The van der Waals surface area contributed by atoms with E-state index in [1.165, 1.54) is 40.4 Å². The van der Waals surface area contributed by atoms with E-state index in [0.717, 1.165) is 0 Å². The fourth-order valence-corrected chi connectivity index (χ4v) is 2.57. The van der Waals surface area contributed by atoms with Crippen molar-refractivity contribution in [3.05, 3.63) is 42.0 Å². The van der Waals surface area contributed by atoms with Gasteiger partial charge in [0, 0.05) is 0 Å². The lowest BCUT2D eigenvalue weighted by atomic mass is 10.2. The zero-order valence-electron chi connectivity index (χ0n) is 17.1. The molecular formula is C21H25NO7. The number of benzene rings is 2. The van der Waals surface area contributed by atoms with Crippen molar-refractivity contribution in [2.24, 2.45) is 0 Å². The molecule has 0 fully saturated rings. The standard InChI is InChI=1S/C21H25NO7/c1-6-28-16-10-8-7-9-15(16)22-20(23)13(2)29-21(24)14-11-17(25-3)19(27-5)18(12-14)26-4/h7-13H,6H2,1-5H3,(H,22,23). The van der Waals surface area contributed by atoms with Crippen molar-refractivity contribution in [3.63, 3.8) is 0 Å². The number of ether oxygens (including phenoxy) is 5. The first-order valence-corrected chi connectivity index (χ1v) is 8.98. The van der Waals surface area contributed by atoms with Gasteiger partial charge in [-0.25, -0.2) is 4.79 Å². The Bertz CT molecular complexity index is 841. The van der Waals surface area contributed by atoms with E-state index >= 15 is 0 Å². The molecule has 8 heteroatoms. The van der Waals surface area contributed by atoms with Crippen LogP contribution >= 0.6 is 0 Å². The van der Waals surface area contributed by atoms with Crippen molar-refractivity contribution in [2.75, 3.05) is 33.3 Å². The van der Waals surface area contributed by atoms with Gasteiger partial charge in [0.1, 0.15) is 5.75 Å². The first kappa shape index (κ1) is 21.9. The Morgan fingerprint density at radius 3 is 2.14 bits per heavy atom. The van der Waals surface area contributed by atoms with Crippen molar-refractivity contribution in [3.8, 4) is 23.0 Å². The summed E-state index contributed by atoms with van der Waals surface area (Å²) in [5.74, 6) is 0.308. The average Bonchev–Trinajstić information content (AvgIpc) is 2.73. The monoisotopic (exact) mass is 403 g/mol. The van der Waals surface area contributed by atoms with E-state index in [4.69, 9.17) is 23.7 Å². The van der Waals surface area contributed by atoms with E-state index in [0.29, 0.717) is 35.3 Å². The minimum atomic E-state index is -1.05. The second kappa shape index (κ2) is 10.2. The van der Waals surface area contributed by atoms with Gasteiger partial charge in [0.05, 0.1) is 39.2 Å². The predicted octanol–water partition coefficient (Wildman–Crippen LogP) is 3.30. The van der Waals surface area contributed by atoms with E-state index in [1.54, 1.807) is 24.3 Å². The van der Waals surface area contributed by atoms with E-state index in [-0.39, 0.29) is 5.56 Å². The Kier molecular flexibility index (Phi) is 7.70. The SMILES string of the molecule is CCOc1ccccc1NC(=O)C(C)OC(=O)c1cc(OC)c(OC)c(OC)c1. The van der Waals surface area contributed by atoms with E-state index in [9.17, 15) is 9.59 Å². The second-order valence-electron chi connectivity index (χ2n) is 5.88. The number of esters is 1. The smallest absolute Gasteiger partial charge is 0.339 e. The van der Waals surface area contributed by atoms with E-state index in [1.807, 2.05) is 6.92 Å². The lowest BCUT2D eigenvalue weighted by Gasteiger charge is -2.17. The van der Waals surface area contributed by atoms with Gasteiger partial charge in [-0.2, -0.15) is 0 Å². The Morgan fingerprint density at radius 1 is 0.966 bits per heavy atom. The minimum Gasteiger partial charge on any atom is -0.493 e. The molecule has 29 heavy (non-hydrogen) atoms. The Balaban J connectivity index is 2.13. The molecule has 0 saturated carbocycles. The highest BCUT2D eigenvalue weighted by Crippen LogP contribution is 2.38. The molecule has 0 aliphatic carbocycles. The van der Waals surface area contributed by atoms with Crippen LogP contribution in [-0.2, 0) is 9.53 Å². The molecule has 0 spiro atoms. The summed E-state index contributed by atoms with van der Waals surface area (Å²) in [6, 6.07) is 9.93. The molecule has 0 aromatic heterocycles. The highest BCUT2D eigenvalue weighted by atomic mass is 16.6. The summed E-state index contributed by atoms with van der Waals surface area (Å²) < 4.78 is 26.5. The summed E-state index contributed by atoms with van der Waals surface area (Å²) in [6.07, 6.45) is -1.05. The van der Waals surface area contributed by atoms with Gasteiger partial charge in [-0.05, 0) is 38.1 Å². The Morgan fingerprint density at radius 2 is 1.59 bits per heavy atom. The maximum Gasteiger partial charge on any atom is 0.339 e. The van der Waals surface area contributed by atoms with Crippen molar-refractivity contribution >= 4 is 17.6 Å². The van der Waals surface area contributed by atoms with Crippen molar-refractivity contribution in [2.45, 2.75) is 20.0 Å². The molecule has 2 aromatic carbocycles. The normalized spacial score (nSPS) is 11.2. The molecule has 2 rings (SSSR count). The van der Waals surface area contributed by atoms with Crippen LogP contribution in [0.4, 0.5) is 5.69 Å². The van der Waals surface area contributed by atoms with Crippen LogP contribution in [0.1, 0.15) is 24.2 Å². The topological polar surface area (TPSA) is 92.3 Å². The Hall–Kier alpha value is -3.42. The third kappa shape index (κ3) is 5.31. The number of carbonyl (C=O) groups is 2.